The van der Waals surface area contributed by atoms with E-state index in [0.717, 1.165) is 22.9 Å². The van der Waals surface area contributed by atoms with Crippen LogP contribution in [0.15, 0.2) is 47.1 Å². The molecule has 182 valence electrons. The van der Waals surface area contributed by atoms with E-state index in [2.05, 4.69) is 10.3 Å². The van der Waals surface area contributed by atoms with E-state index in [0.29, 0.717) is 16.3 Å². The molecule has 0 saturated heterocycles. The number of nitrogens with one attached hydrogen (secondary N) is 1. The molecule has 0 fully saturated rings. The van der Waals surface area contributed by atoms with Crippen molar-refractivity contribution in [2.24, 2.45) is 10.9 Å². The normalized spacial score (nSPS) is 21.8. The lowest BCUT2D eigenvalue weighted by atomic mass is 10.0. The first-order valence-corrected chi connectivity index (χ1v) is 10.7. The Hall–Kier alpha value is -3.80. The smallest absolute Gasteiger partial charge is 0.465 e. The number of aliphatic imine (C=N–C) groups is 1. The van der Waals surface area contributed by atoms with E-state index in [1.165, 1.54) is 31.2 Å². The molecule has 3 aliphatic rings. The molecule has 0 saturated carbocycles. The van der Waals surface area contributed by atoms with Crippen molar-refractivity contribution in [3.63, 3.8) is 0 Å². The molecule has 2 unspecified atom stereocenters. The van der Waals surface area contributed by atoms with Gasteiger partial charge in [-0.15, -0.1) is 0 Å². The van der Waals surface area contributed by atoms with Gasteiger partial charge >= 0.3 is 30.1 Å². The van der Waals surface area contributed by atoms with Gasteiger partial charge in [-0.1, -0.05) is 23.7 Å². The summed E-state index contributed by atoms with van der Waals surface area (Å²) < 4.78 is 45.9. The van der Waals surface area contributed by atoms with Crippen molar-refractivity contribution in [1.82, 2.24) is 10.2 Å². The Balaban J connectivity index is 1.72. The SMILES string of the molecule is CCOC(=O)C1C=[N+](C2C=CC3=NC(=O)NC3=C2)C(=O)N(Cc2cccc(C(F)(F)F)c2Cl)C1=O. The van der Waals surface area contributed by atoms with Gasteiger partial charge in [0.05, 0.1) is 34.8 Å². The van der Waals surface area contributed by atoms with E-state index in [1.54, 1.807) is 0 Å². The monoisotopic (exact) mass is 509 g/mol. The summed E-state index contributed by atoms with van der Waals surface area (Å²) in [6.07, 6.45) is 0.844. The molecule has 1 aromatic carbocycles. The molecule has 0 bridgehead atoms. The minimum absolute atomic E-state index is 0.0386. The van der Waals surface area contributed by atoms with Gasteiger partial charge < -0.3 is 10.1 Å². The minimum atomic E-state index is -4.75. The summed E-state index contributed by atoms with van der Waals surface area (Å²) in [5, 5.41) is 1.84. The number of fused-ring (bicyclic) bond motifs is 1. The van der Waals surface area contributed by atoms with Crippen molar-refractivity contribution in [2.75, 3.05) is 6.61 Å². The molecule has 5 amide bonds. The number of alkyl halides is 3. The first kappa shape index (κ1) is 24.3. The summed E-state index contributed by atoms with van der Waals surface area (Å²) in [5.41, 5.74) is -0.576. The van der Waals surface area contributed by atoms with E-state index in [-0.39, 0.29) is 12.2 Å². The number of benzene rings is 1. The molecule has 0 aromatic heterocycles. The molecular weight excluding hydrogens is 493 g/mol. The van der Waals surface area contributed by atoms with Crippen molar-refractivity contribution >= 4 is 47.5 Å². The molecule has 0 spiro atoms. The number of carbonyl (C=O) groups excluding carboxylic acids is 4. The number of ether oxygens (including phenoxy) is 1. The van der Waals surface area contributed by atoms with Crippen LogP contribution in [0.25, 0.3) is 0 Å². The molecule has 1 N–H and O–H groups in total. The number of rotatable bonds is 5. The molecule has 2 heterocycles. The number of hydrogen-bond acceptors (Lipinski definition) is 5. The lowest BCUT2D eigenvalue weighted by Crippen LogP contribution is -2.55. The maximum atomic E-state index is 13.3. The van der Waals surface area contributed by atoms with Crippen LogP contribution in [-0.4, -0.2) is 58.0 Å². The standard InChI is InChI=1S/C22H16ClF3N4O5/c1-2-35-19(32)13-10-29(12-6-7-15-16(8-12)28-20(33)27-15)21(34)30(18(13)31)9-11-4-3-5-14(17(11)23)22(24,25)26/h3-8,10,12-13H,2,9H2,1H3/p+1. The predicted octanol–water partition coefficient (Wildman–Crippen LogP) is 3.07. The fourth-order valence-electron chi connectivity index (χ4n) is 3.77. The topological polar surface area (TPSA) is 108 Å². The van der Waals surface area contributed by atoms with Gasteiger partial charge in [0.2, 0.25) is 5.92 Å². The Labute approximate surface area is 201 Å². The van der Waals surface area contributed by atoms with Gasteiger partial charge in [0, 0.05) is 5.56 Å². The van der Waals surface area contributed by atoms with Gasteiger partial charge in [-0.2, -0.15) is 32.4 Å². The second kappa shape index (κ2) is 9.10. The average molecular weight is 510 g/mol. The number of esters is 1. The number of carbonyl (C=O) groups is 4. The highest BCUT2D eigenvalue weighted by Crippen LogP contribution is 2.37. The number of nitrogens with zero attached hydrogens (tertiary/aromatic N) is 3. The number of amides is 5. The number of imide groups is 1. The predicted molar refractivity (Wildman–Crippen MR) is 116 cm³/mol. The second-order valence-electron chi connectivity index (χ2n) is 7.63. The Morgan fingerprint density at radius 2 is 2.03 bits per heavy atom. The Morgan fingerprint density at radius 1 is 1.29 bits per heavy atom. The van der Waals surface area contributed by atoms with Gasteiger partial charge in [-0.25, -0.2) is 9.59 Å². The highest BCUT2D eigenvalue weighted by molar-refractivity contribution is 6.32. The van der Waals surface area contributed by atoms with Gasteiger partial charge in [-0.3, -0.25) is 4.79 Å². The number of halogens is 4. The lowest BCUT2D eigenvalue weighted by molar-refractivity contribution is -0.452. The second-order valence-corrected chi connectivity index (χ2v) is 8.00. The maximum Gasteiger partial charge on any atom is 0.501 e. The number of hydrogen-bond donors (Lipinski definition) is 1. The molecule has 1 aliphatic carbocycles. The van der Waals surface area contributed by atoms with Crippen LogP contribution < -0.4 is 5.32 Å². The summed E-state index contributed by atoms with van der Waals surface area (Å²) in [6.45, 7) is 0.881. The molecule has 35 heavy (non-hydrogen) atoms. The molecule has 2 aliphatic heterocycles. The maximum absolute atomic E-state index is 13.3. The molecular formula is C22H17ClF3N4O5+. The fourth-order valence-corrected chi connectivity index (χ4v) is 4.06. The zero-order valence-electron chi connectivity index (χ0n) is 18.0. The molecule has 9 nitrogen and oxygen atoms in total. The van der Waals surface area contributed by atoms with Crippen LogP contribution in [0.4, 0.5) is 22.8 Å². The van der Waals surface area contributed by atoms with Crippen LogP contribution >= 0.6 is 11.6 Å². The van der Waals surface area contributed by atoms with E-state index < -0.39 is 59.2 Å². The van der Waals surface area contributed by atoms with Crippen molar-refractivity contribution in [2.45, 2.75) is 25.7 Å². The highest BCUT2D eigenvalue weighted by atomic mass is 35.5. The summed E-state index contributed by atoms with van der Waals surface area (Å²) in [5.74, 6) is -3.43. The number of allylic oxidation sites excluding steroid dienone is 1. The lowest BCUT2D eigenvalue weighted by Gasteiger charge is -2.26. The van der Waals surface area contributed by atoms with Crippen LogP contribution in [0.1, 0.15) is 18.1 Å². The van der Waals surface area contributed by atoms with Gasteiger partial charge in [0.15, 0.2) is 0 Å². The third-order valence-corrected chi connectivity index (χ3v) is 5.84. The Kier molecular flexibility index (Phi) is 6.32. The third kappa shape index (κ3) is 4.61. The highest BCUT2D eigenvalue weighted by Gasteiger charge is 2.49. The van der Waals surface area contributed by atoms with Crippen molar-refractivity contribution < 1.29 is 41.7 Å². The zero-order valence-corrected chi connectivity index (χ0v) is 18.8. The largest absolute Gasteiger partial charge is 0.501 e. The fraction of sp³-hybridized carbons (Fsp3) is 0.273. The van der Waals surface area contributed by atoms with Crippen molar-refractivity contribution in [1.29, 1.82) is 0 Å². The Morgan fingerprint density at radius 3 is 2.71 bits per heavy atom. The van der Waals surface area contributed by atoms with Gasteiger partial charge in [0.25, 0.3) is 0 Å². The first-order valence-electron chi connectivity index (χ1n) is 10.3. The van der Waals surface area contributed by atoms with Gasteiger partial charge in [-0.05, 0) is 31.2 Å². The van der Waals surface area contributed by atoms with Crippen molar-refractivity contribution in [3.05, 3.63) is 58.3 Å². The summed E-state index contributed by atoms with van der Waals surface area (Å²) in [6, 6.07) is 0.805. The van der Waals surface area contributed by atoms with Crippen LogP contribution in [0, 0.1) is 5.92 Å². The van der Waals surface area contributed by atoms with E-state index >= 15 is 0 Å². The quantitative estimate of drug-likeness (QED) is 0.373. The van der Waals surface area contributed by atoms with E-state index in [4.69, 9.17) is 16.3 Å². The van der Waals surface area contributed by atoms with E-state index in [1.807, 2.05) is 0 Å². The molecule has 2 atom stereocenters. The third-order valence-electron chi connectivity index (χ3n) is 5.40. The van der Waals surface area contributed by atoms with Crippen molar-refractivity contribution in [3.8, 4) is 0 Å². The van der Waals surface area contributed by atoms with Crippen LogP contribution in [0.5, 0.6) is 0 Å². The zero-order chi connectivity index (χ0) is 25.5. The molecule has 13 heteroatoms. The molecule has 1 aromatic rings. The summed E-state index contributed by atoms with van der Waals surface area (Å²) >= 11 is 5.96. The molecule has 0 radical (unpaired) electrons. The van der Waals surface area contributed by atoms with Crippen LogP contribution in [-0.2, 0) is 27.0 Å². The molecule has 4 rings (SSSR count). The number of urea groups is 2. The Bertz CT molecular complexity index is 1270. The first-order chi connectivity index (χ1) is 16.5. The summed E-state index contributed by atoms with van der Waals surface area (Å²) in [7, 11) is 0. The summed E-state index contributed by atoms with van der Waals surface area (Å²) in [4.78, 5) is 54.8. The minimum Gasteiger partial charge on any atom is -0.465 e. The average Bonchev–Trinajstić information content (AvgIpc) is 3.16. The van der Waals surface area contributed by atoms with Crippen LogP contribution in [0.2, 0.25) is 5.02 Å². The van der Waals surface area contributed by atoms with E-state index in [9.17, 15) is 32.3 Å². The van der Waals surface area contributed by atoms with Crippen LogP contribution in [0.3, 0.4) is 0 Å². The van der Waals surface area contributed by atoms with Gasteiger partial charge in [0.1, 0.15) is 12.6 Å².